The molecule has 0 aliphatic carbocycles. The highest BCUT2D eigenvalue weighted by Crippen LogP contribution is 2.31. The third-order valence-electron chi connectivity index (χ3n) is 4.59. The molecule has 1 atom stereocenters. The molecule has 6 nitrogen and oxygen atoms in total. The van der Waals surface area contributed by atoms with E-state index < -0.39 is 0 Å². The quantitative estimate of drug-likeness (QED) is 0.412. The number of benzene rings is 1. The smallest absolute Gasteiger partial charge is 0.341 e. The molecular formula is C22H26N4O2S2. The summed E-state index contributed by atoms with van der Waals surface area (Å²) < 4.78 is 7.02. The Morgan fingerprint density at radius 1 is 1.33 bits per heavy atom. The molecule has 0 aliphatic rings. The number of thiocarbonyl (C=S) groups is 1. The minimum atomic E-state index is -0.352. The average molecular weight is 443 g/mol. The van der Waals surface area contributed by atoms with Gasteiger partial charge in [0.05, 0.1) is 23.9 Å². The molecule has 158 valence electrons. The summed E-state index contributed by atoms with van der Waals surface area (Å²) >= 11 is 7.03. The second kappa shape index (κ2) is 9.86. The average Bonchev–Trinajstić information content (AvgIpc) is 3.24. The molecule has 0 spiro atoms. The Morgan fingerprint density at radius 2 is 2.07 bits per heavy atom. The lowest BCUT2D eigenvalue weighted by molar-refractivity contribution is 0.0528. The van der Waals surface area contributed by atoms with E-state index in [4.69, 9.17) is 17.0 Å². The Labute approximate surface area is 186 Å². The van der Waals surface area contributed by atoms with Gasteiger partial charge in [0.25, 0.3) is 0 Å². The Morgan fingerprint density at radius 3 is 2.70 bits per heavy atom. The van der Waals surface area contributed by atoms with Crippen LogP contribution in [0.1, 0.15) is 51.9 Å². The molecule has 0 fully saturated rings. The first kappa shape index (κ1) is 22.0. The number of hydrogen-bond acceptors (Lipinski definition) is 5. The lowest BCUT2D eigenvalue weighted by Gasteiger charge is -2.16. The highest BCUT2D eigenvalue weighted by atomic mass is 32.1. The number of ether oxygens (including phenoxy) is 1. The molecule has 0 saturated carbocycles. The van der Waals surface area contributed by atoms with Gasteiger partial charge in [0, 0.05) is 30.1 Å². The van der Waals surface area contributed by atoms with E-state index in [0.29, 0.717) is 22.3 Å². The van der Waals surface area contributed by atoms with Crippen molar-refractivity contribution in [2.45, 2.75) is 33.2 Å². The summed E-state index contributed by atoms with van der Waals surface area (Å²) in [5, 5.41) is 12.0. The number of carbonyl (C=O) groups excluding carboxylic acids is 1. The van der Waals surface area contributed by atoms with Gasteiger partial charge < -0.3 is 15.4 Å². The molecule has 8 heteroatoms. The number of aromatic nitrogens is 2. The van der Waals surface area contributed by atoms with Crippen molar-refractivity contribution in [2.75, 3.05) is 11.9 Å². The van der Waals surface area contributed by atoms with Gasteiger partial charge in [0.15, 0.2) is 5.11 Å². The molecule has 30 heavy (non-hydrogen) atoms. The predicted octanol–water partition coefficient (Wildman–Crippen LogP) is 4.61. The first-order chi connectivity index (χ1) is 14.4. The van der Waals surface area contributed by atoms with Gasteiger partial charge in [-0.05, 0) is 44.6 Å². The van der Waals surface area contributed by atoms with Crippen LogP contribution in [-0.4, -0.2) is 27.5 Å². The van der Waals surface area contributed by atoms with E-state index in [0.717, 1.165) is 22.6 Å². The van der Waals surface area contributed by atoms with Crippen LogP contribution in [0.15, 0.2) is 42.6 Å². The fourth-order valence-corrected chi connectivity index (χ4v) is 4.66. The summed E-state index contributed by atoms with van der Waals surface area (Å²) in [6.07, 6.45) is 2.72. The number of nitrogens with zero attached hydrogens (tertiary/aromatic N) is 2. The maximum Gasteiger partial charge on any atom is 0.341 e. The van der Waals surface area contributed by atoms with Gasteiger partial charge in [-0.25, -0.2) is 4.79 Å². The summed E-state index contributed by atoms with van der Waals surface area (Å²) in [7, 11) is 1.89. The standard InChI is InChI=1S/C22H26N4O2S2/c1-5-28-21(27)18-12-17(11-16-9-7-6-8-10-16)30-20(18)24-22(29)23-14(2)19-13-26(4)25-15(19)3/h6-10,12-14H,5,11H2,1-4H3,(H2,23,24,29). The maximum absolute atomic E-state index is 12.5. The van der Waals surface area contributed by atoms with E-state index in [9.17, 15) is 4.79 Å². The highest BCUT2D eigenvalue weighted by molar-refractivity contribution is 7.80. The molecule has 0 amide bonds. The van der Waals surface area contributed by atoms with Crippen LogP contribution >= 0.6 is 23.6 Å². The van der Waals surface area contributed by atoms with Gasteiger partial charge in [0.1, 0.15) is 5.00 Å². The van der Waals surface area contributed by atoms with E-state index in [2.05, 4.69) is 27.9 Å². The van der Waals surface area contributed by atoms with Crippen molar-refractivity contribution in [3.8, 4) is 0 Å². The van der Waals surface area contributed by atoms with E-state index >= 15 is 0 Å². The number of thiophene rings is 1. The molecule has 1 unspecified atom stereocenters. The van der Waals surface area contributed by atoms with E-state index in [-0.39, 0.29) is 12.0 Å². The number of nitrogens with one attached hydrogen (secondary N) is 2. The monoisotopic (exact) mass is 442 g/mol. The topological polar surface area (TPSA) is 68.2 Å². The van der Waals surface area contributed by atoms with Crippen molar-refractivity contribution < 1.29 is 9.53 Å². The van der Waals surface area contributed by atoms with Gasteiger partial charge in [-0.2, -0.15) is 5.10 Å². The number of aryl methyl sites for hydroxylation is 2. The SMILES string of the molecule is CCOC(=O)c1cc(Cc2ccccc2)sc1NC(=S)NC(C)c1cn(C)nc1C. The van der Waals surface area contributed by atoms with Gasteiger partial charge in [-0.1, -0.05) is 30.3 Å². The predicted molar refractivity (Wildman–Crippen MR) is 125 cm³/mol. The zero-order valence-corrected chi connectivity index (χ0v) is 19.2. The largest absolute Gasteiger partial charge is 0.462 e. The van der Waals surface area contributed by atoms with E-state index in [1.807, 2.05) is 51.4 Å². The minimum Gasteiger partial charge on any atom is -0.462 e. The lowest BCUT2D eigenvalue weighted by Crippen LogP contribution is -2.31. The first-order valence-corrected chi connectivity index (χ1v) is 11.0. The Kier molecular flexibility index (Phi) is 7.23. The second-order valence-corrected chi connectivity index (χ2v) is 8.55. The number of anilines is 1. The zero-order valence-electron chi connectivity index (χ0n) is 17.6. The van der Waals surface area contributed by atoms with Crippen LogP contribution in [0.5, 0.6) is 0 Å². The molecule has 2 heterocycles. The van der Waals surface area contributed by atoms with Crippen LogP contribution in [0.4, 0.5) is 5.00 Å². The van der Waals surface area contributed by atoms with E-state index in [1.54, 1.807) is 11.6 Å². The molecule has 2 N–H and O–H groups in total. The molecule has 3 rings (SSSR count). The Bertz CT molecular complexity index is 1030. The number of rotatable bonds is 7. The molecule has 2 aromatic heterocycles. The van der Waals surface area contributed by atoms with Gasteiger partial charge >= 0.3 is 5.97 Å². The fraction of sp³-hybridized carbons (Fsp3) is 0.318. The van der Waals surface area contributed by atoms with Crippen LogP contribution in [-0.2, 0) is 18.2 Å². The molecule has 0 radical (unpaired) electrons. The zero-order chi connectivity index (χ0) is 21.7. The van der Waals surface area contributed by atoms with Crippen LogP contribution in [0.2, 0.25) is 0 Å². The van der Waals surface area contributed by atoms with Crippen molar-refractivity contribution in [1.29, 1.82) is 0 Å². The fourth-order valence-electron chi connectivity index (χ4n) is 3.24. The summed E-state index contributed by atoms with van der Waals surface area (Å²) in [6, 6.07) is 12.0. The summed E-state index contributed by atoms with van der Waals surface area (Å²) in [6.45, 7) is 6.12. The third kappa shape index (κ3) is 5.46. The summed E-state index contributed by atoms with van der Waals surface area (Å²) in [5.74, 6) is -0.352. The van der Waals surface area contributed by atoms with Crippen LogP contribution in [0, 0.1) is 6.92 Å². The highest BCUT2D eigenvalue weighted by Gasteiger charge is 2.19. The summed E-state index contributed by atoms with van der Waals surface area (Å²) in [4.78, 5) is 13.5. The van der Waals surface area contributed by atoms with Crippen molar-refractivity contribution in [3.05, 3.63) is 69.9 Å². The Balaban J connectivity index is 1.76. The first-order valence-electron chi connectivity index (χ1n) is 9.78. The van der Waals surface area contributed by atoms with Gasteiger partial charge in [-0.3, -0.25) is 4.68 Å². The van der Waals surface area contributed by atoms with Crippen LogP contribution in [0.3, 0.4) is 0 Å². The Hall–Kier alpha value is -2.71. The lowest BCUT2D eigenvalue weighted by atomic mass is 10.1. The molecule has 3 aromatic rings. The van der Waals surface area contributed by atoms with Crippen LogP contribution < -0.4 is 10.6 Å². The molecule has 0 saturated heterocycles. The van der Waals surface area contributed by atoms with Crippen molar-refractivity contribution >= 4 is 39.6 Å². The number of hydrogen-bond donors (Lipinski definition) is 2. The van der Waals surface area contributed by atoms with Crippen molar-refractivity contribution in [1.82, 2.24) is 15.1 Å². The third-order valence-corrected chi connectivity index (χ3v) is 5.86. The molecular weight excluding hydrogens is 416 g/mol. The minimum absolute atomic E-state index is 0.0199. The molecule has 0 aliphatic heterocycles. The second-order valence-electron chi connectivity index (χ2n) is 7.00. The summed E-state index contributed by atoms with van der Waals surface area (Å²) in [5.41, 5.74) is 3.71. The van der Waals surface area contributed by atoms with Gasteiger partial charge in [-0.15, -0.1) is 11.3 Å². The van der Waals surface area contributed by atoms with Gasteiger partial charge in [0.2, 0.25) is 0 Å². The van der Waals surface area contributed by atoms with Crippen LogP contribution in [0.25, 0.3) is 0 Å². The van der Waals surface area contributed by atoms with Crippen molar-refractivity contribution in [3.63, 3.8) is 0 Å². The normalized spacial score (nSPS) is 11.7. The number of carbonyl (C=O) groups is 1. The number of esters is 1. The molecule has 0 bridgehead atoms. The van der Waals surface area contributed by atoms with E-state index in [1.165, 1.54) is 16.9 Å². The maximum atomic E-state index is 12.5. The van der Waals surface area contributed by atoms with Crippen molar-refractivity contribution in [2.24, 2.45) is 7.05 Å². The molecule has 1 aromatic carbocycles.